The minimum absolute atomic E-state index is 0.0860. The number of aliphatic imine (C=N–C) groups is 1. The van der Waals surface area contributed by atoms with E-state index in [1.807, 2.05) is 0 Å². The fourth-order valence-corrected chi connectivity index (χ4v) is 4.61. The Morgan fingerprint density at radius 2 is 2.00 bits per heavy atom. The van der Waals surface area contributed by atoms with Gasteiger partial charge in [0.05, 0.1) is 0 Å². The number of nitrogens with one attached hydrogen (secondary N) is 1. The number of piperidine rings is 2. The minimum Gasteiger partial charge on any atom is -0.372 e. The van der Waals surface area contributed by atoms with Crippen molar-refractivity contribution in [1.29, 1.82) is 0 Å². The van der Waals surface area contributed by atoms with E-state index in [1.165, 1.54) is 18.4 Å². The lowest BCUT2D eigenvalue weighted by molar-refractivity contribution is -0.173. The molecule has 1 aromatic carbocycles. The molecule has 0 bridgehead atoms. The number of halogens is 3. The number of hydrogen-bond donors (Lipinski definition) is 1. The number of ether oxygens (including phenoxy) is 1. The van der Waals surface area contributed by atoms with E-state index in [0.717, 1.165) is 38.6 Å². The fraction of sp³-hybridized carbons (Fsp3) is 0.682. The van der Waals surface area contributed by atoms with Crippen molar-refractivity contribution >= 4 is 5.96 Å². The van der Waals surface area contributed by atoms with E-state index in [0.29, 0.717) is 24.9 Å². The summed E-state index contributed by atoms with van der Waals surface area (Å²) in [5, 5.41) is 3.28. The van der Waals surface area contributed by atoms with Crippen LogP contribution in [0.25, 0.3) is 0 Å². The Labute approximate surface area is 177 Å². The molecule has 0 radical (unpaired) electrons. The summed E-state index contributed by atoms with van der Waals surface area (Å²) >= 11 is 0. The van der Waals surface area contributed by atoms with Crippen molar-refractivity contribution in [1.82, 2.24) is 15.1 Å². The molecule has 30 heavy (non-hydrogen) atoms. The van der Waals surface area contributed by atoms with Crippen LogP contribution in [0.3, 0.4) is 0 Å². The highest BCUT2D eigenvalue weighted by Gasteiger charge is 2.36. The van der Waals surface area contributed by atoms with Crippen molar-refractivity contribution in [2.45, 2.75) is 44.4 Å². The average molecular weight is 427 g/mol. The summed E-state index contributed by atoms with van der Waals surface area (Å²) in [5.41, 5.74) is 1.37. The summed E-state index contributed by atoms with van der Waals surface area (Å²) in [6, 6.07) is 11.3. The molecule has 2 heterocycles. The summed E-state index contributed by atoms with van der Waals surface area (Å²) < 4.78 is 41.0. The lowest BCUT2D eigenvalue weighted by Crippen LogP contribution is -2.56. The molecule has 0 aromatic heterocycles. The highest BCUT2D eigenvalue weighted by atomic mass is 19.4. The van der Waals surface area contributed by atoms with E-state index in [4.69, 9.17) is 0 Å². The van der Waals surface area contributed by atoms with E-state index < -0.39 is 12.8 Å². The largest absolute Gasteiger partial charge is 0.411 e. The molecule has 2 aliphatic heterocycles. The topological polar surface area (TPSA) is 40.1 Å². The van der Waals surface area contributed by atoms with Crippen molar-refractivity contribution < 1.29 is 17.9 Å². The smallest absolute Gasteiger partial charge is 0.372 e. The SMILES string of the molecule is CN=C(NCCCOCC(F)(F)F)N1CCC2C(CCCN2Cc2ccccc2)C1. The maximum atomic E-state index is 12.1. The van der Waals surface area contributed by atoms with Gasteiger partial charge in [0.15, 0.2) is 5.96 Å². The molecule has 2 saturated heterocycles. The fourth-order valence-electron chi connectivity index (χ4n) is 4.61. The Hall–Kier alpha value is -1.80. The molecule has 2 atom stereocenters. The lowest BCUT2D eigenvalue weighted by atomic mass is 9.83. The summed E-state index contributed by atoms with van der Waals surface area (Å²) in [7, 11) is 1.76. The van der Waals surface area contributed by atoms with Crippen molar-refractivity contribution in [3.63, 3.8) is 0 Å². The predicted octanol–water partition coefficient (Wildman–Crippen LogP) is 3.52. The van der Waals surface area contributed by atoms with Gasteiger partial charge in [-0.1, -0.05) is 30.3 Å². The molecule has 2 fully saturated rings. The van der Waals surface area contributed by atoms with Gasteiger partial charge < -0.3 is 15.0 Å². The summed E-state index contributed by atoms with van der Waals surface area (Å²) in [6.07, 6.45) is -0.200. The van der Waals surface area contributed by atoms with Crippen LogP contribution < -0.4 is 5.32 Å². The first kappa shape index (κ1) is 22.9. The Morgan fingerprint density at radius 3 is 2.73 bits per heavy atom. The Bertz CT molecular complexity index is 668. The molecule has 8 heteroatoms. The van der Waals surface area contributed by atoms with Crippen LogP contribution in [0.1, 0.15) is 31.2 Å². The highest BCUT2D eigenvalue weighted by Crippen LogP contribution is 2.31. The van der Waals surface area contributed by atoms with Crippen molar-refractivity contribution in [3.05, 3.63) is 35.9 Å². The van der Waals surface area contributed by atoms with Crippen LogP contribution in [0.4, 0.5) is 13.2 Å². The highest BCUT2D eigenvalue weighted by molar-refractivity contribution is 5.80. The van der Waals surface area contributed by atoms with Gasteiger partial charge in [-0.3, -0.25) is 9.89 Å². The minimum atomic E-state index is -4.26. The molecule has 0 spiro atoms. The quantitative estimate of drug-likeness (QED) is 0.412. The third kappa shape index (κ3) is 6.87. The number of benzene rings is 1. The van der Waals surface area contributed by atoms with Crippen LogP contribution in [-0.4, -0.2) is 74.4 Å². The second-order valence-corrected chi connectivity index (χ2v) is 8.16. The zero-order valence-corrected chi connectivity index (χ0v) is 17.7. The number of rotatable bonds is 7. The number of guanidine groups is 1. The van der Waals surface area contributed by atoms with E-state index >= 15 is 0 Å². The third-order valence-electron chi connectivity index (χ3n) is 5.94. The second-order valence-electron chi connectivity index (χ2n) is 8.16. The van der Waals surface area contributed by atoms with E-state index in [-0.39, 0.29) is 6.61 Å². The van der Waals surface area contributed by atoms with Crippen LogP contribution in [0, 0.1) is 5.92 Å². The molecule has 3 rings (SSSR count). The molecular weight excluding hydrogens is 393 g/mol. The normalized spacial score (nSPS) is 23.3. The summed E-state index contributed by atoms with van der Waals surface area (Å²) in [5.74, 6) is 1.45. The van der Waals surface area contributed by atoms with Gasteiger partial charge in [0.25, 0.3) is 0 Å². The zero-order valence-electron chi connectivity index (χ0n) is 17.7. The van der Waals surface area contributed by atoms with Gasteiger partial charge in [0.1, 0.15) is 6.61 Å². The number of alkyl halides is 3. The third-order valence-corrected chi connectivity index (χ3v) is 5.94. The van der Waals surface area contributed by atoms with Crippen molar-refractivity contribution in [2.24, 2.45) is 10.9 Å². The zero-order chi connectivity index (χ0) is 21.4. The molecule has 1 N–H and O–H groups in total. The number of likely N-dealkylation sites (tertiary alicyclic amines) is 2. The van der Waals surface area contributed by atoms with Gasteiger partial charge in [-0.25, -0.2) is 0 Å². The number of nitrogens with zero attached hydrogens (tertiary/aromatic N) is 3. The van der Waals surface area contributed by atoms with Crippen LogP contribution in [0.5, 0.6) is 0 Å². The number of fused-ring (bicyclic) bond motifs is 1. The Morgan fingerprint density at radius 1 is 1.20 bits per heavy atom. The molecule has 2 unspecified atom stereocenters. The second kappa shape index (κ2) is 11.0. The van der Waals surface area contributed by atoms with Crippen LogP contribution >= 0.6 is 0 Å². The first-order chi connectivity index (χ1) is 14.5. The van der Waals surface area contributed by atoms with Crippen molar-refractivity contribution in [2.75, 3.05) is 46.4 Å². The van der Waals surface area contributed by atoms with Crippen molar-refractivity contribution in [3.8, 4) is 0 Å². The number of hydrogen-bond acceptors (Lipinski definition) is 3. The molecule has 2 aliphatic rings. The Kier molecular flexibility index (Phi) is 8.39. The van der Waals surface area contributed by atoms with E-state index in [1.54, 1.807) is 7.05 Å². The average Bonchev–Trinajstić information content (AvgIpc) is 2.73. The monoisotopic (exact) mass is 426 g/mol. The lowest BCUT2D eigenvalue weighted by Gasteiger charge is -2.48. The summed E-state index contributed by atoms with van der Waals surface area (Å²) in [6.45, 7) is 3.53. The molecule has 0 aliphatic carbocycles. The molecule has 5 nitrogen and oxygen atoms in total. The van der Waals surface area contributed by atoms with E-state index in [2.05, 4.69) is 55.2 Å². The first-order valence-corrected chi connectivity index (χ1v) is 10.8. The summed E-state index contributed by atoms with van der Waals surface area (Å²) in [4.78, 5) is 9.32. The Balaban J connectivity index is 1.44. The molecule has 168 valence electrons. The van der Waals surface area contributed by atoms with Gasteiger partial charge in [0.2, 0.25) is 0 Å². The van der Waals surface area contributed by atoms with Crippen LogP contribution in [0.15, 0.2) is 35.3 Å². The molecule has 0 saturated carbocycles. The van der Waals surface area contributed by atoms with Gasteiger partial charge in [-0.05, 0) is 43.7 Å². The maximum Gasteiger partial charge on any atom is 0.411 e. The first-order valence-electron chi connectivity index (χ1n) is 10.8. The molecule has 1 aromatic rings. The molecule has 0 amide bonds. The van der Waals surface area contributed by atoms with Crippen LogP contribution in [-0.2, 0) is 11.3 Å². The standard InChI is InChI=1S/C22H33F3N4O/c1-26-21(27-11-6-14-30-17-22(23,24)25)29-13-10-20-19(16-29)9-5-12-28(20)15-18-7-3-2-4-8-18/h2-4,7-8,19-20H,5-6,9-17H2,1H3,(H,26,27). The van der Waals surface area contributed by atoms with Gasteiger partial charge >= 0.3 is 6.18 Å². The predicted molar refractivity (Wildman–Crippen MR) is 112 cm³/mol. The van der Waals surface area contributed by atoms with Crippen LogP contribution in [0.2, 0.25) is 0 Å². The maximum absolute atomic E-state index is 12.1. The molecular formula is C22H33F3N4O. The van der Waals surface area contributed by atoms with Gasteiger partial charge in [-0.15, -0.1) is 0 Å². The van der Waals surface area contributed by atoms with E-state index in [9.17, 15) is 13.2 Å². The van der Waals surface area contributed by atoms with Gasteiger partial charge in [-0.2, -0.15) is 13.2 Å². The van der Waals surface area contributed by atoms with Gasteiger partial charge in [0, 0.05) is 45.9 Å².